The van der Waals surface area contributed by atoms with Crippen LogP contribution in [0.3, 0.4) is 0 Å². The molecule has 0 bridgehead atoms. The van der Waals surface area contributed by atoms with E-state index in [1.165, 1.54) is 12.1 Å². The molecule has 1 fully saturated rings. The van der Waals surface area contributed by atoms with Crippen molar-refractivity contribution in [1.82, 2.24) is 10.6 Å². The Hall–Kier alpha value is -0.940. The second-order valence-corrected chi connectivity index (χ2v) is 5.04. The third kappa shape index (κ3) is 3.26. The van der Waals surface area contributed by atoms with Gasteiger partial charge in [0.15, 0.2) is 0 Å². The van der Waals surface area contributed by atoms with Crippen molar-refractivity contribution >= 4 is 21.8 Å². The molecule has 92 valence electrons. The Morgan fingerprint density at radius 2 is 2.41 bits per heavy atom. The number of benzene rings is 1. The highest BCUT2D eigenvalue weighted by Crippen LogP contribution is 2.15. The number of carbonyl (C=O) groups is 1. The van der Waals surface area contributed by atoms with Gasteiger partial charge in [0.25, 0.3) is 5.91 Å². The summed E-state index contributed by atoms with van der Waals surface area (Å²) >= 11 is 3.16. The minimum absolute atomic E-state index is 0.0891. The molecule has 2 N–H and O–H groups in total. The van der Waals surface area contributed by atoms with Gasteiger partial charge in [0.1, 0.15) is 5.82 Å². The molecule has 0 radical (unpaired) electrons. The van der Waals surface area contributed by atoms with Crippen molar-refractivity contribution in [2.24, 2.45) is 0 Å². The van der Waals surface area contributed by atoms with Gasteiger partial charge in [-0.25, -0.2) is 4.39 Å². The lowest BCUT2D eigenvalue weighted by Gasteiger charge is -2.11. The van der Waals surface area contributed by atoms with Crippen LogP contribution in [0.4, 0.5) is 4.39 Å². The van der Waals surface area contributed by atoms with Gasteiger partial charge in [-0.05, 0) is 37.6 Å². The minimum atomic E-state index is -0.503. The lowest BCUT2D eigenvalue weighted by molar-refractivity contribution is 0.0946. The predicted octanol–water partition coefficient (Wildman–Crippen LogP) is 2.07. The molecule has 0 spiro atoms. The third-order valence-corrected chi connectivity index (χ3v) is 3.34. The number of nitrogens with one attached hydrogen (secondary N) is 2. The first-order chi connectivity index (χ1) is 8.16. The molecule has 1 atom stereocenters. The fourth-order valence-electron chi connectivity index (χ4n) is 1.92. The molecule has 0 aliphatic carbocycles. The highest BCUT2D eigenvalue weighted by molar-refractivity contribution is 9.10. The van der Waals surface area contributed by atoms with Crippen LogP contribution in [0, 0.1) is 5.82 Å². The Kier molecular flexibility index (Phi) is 4.12. The predicted molar refractivity (Wildman–Crippen MR) is 67.5 cm³/mol. The maximum Gasteiger partial charge on any atom is 0.254 e. The smallest absolute Gasteiger partial charge is 0.254 e. The molecule has 1 amide bonds. The standard InChI is InChI=1S/C12H14BrFN2O/c13-8-3-4-10(11(14)6-8)12(17)16-7-9-2-1-5-15-9/h3-4,6,9,15H,1-2,5,7H2,(H,16,17). The van der Waals surface area contributed by atoms with Gasteiger partial charge in [-0.3, -0.25) is 4.79 Å². The van der Waals surface area contributed by atoms with E-state index in [0.29, 0.717) is 17.1 Å². The highest BCUT2D eigenvalue weighted by atomic mass is 79.9. The summed E-state index contributed by atoms with van der Waals surface area (Å²) in [6.07, 6.45) is 2.19. The van der Waals surface area contributed by atoms with E-state index in [1.807, 2.05) is 0 Å². The summed E-state index contributed by atoms with van der Waals surface area (Å²) in [6.45, 7) is 1.54. The SMILES string of the molecule is O=C(NCC1CCCN1)c1ccc(Br)cc1F. The number of halogens is 2. The molecular formula is C12H14BrFN2O. The van der Waals surface area contributed by atoms with Crippen LogP contribution in [-0.4, -0.2) is 25.0 Å². The Labute approximate surface area is 108 Å². The van der Waals surface area contributed by atoms with Crippen molar-refractivity contribution in [3.8, 4) is 0 Å². The first-order valence-corrected chi connectivity index (χ1v) is 6.43. The molecule has 3 nitrogen and oxygen atoms in total. The van der Waals surface area contributed by atoms with Crippen molar-refractivity contribution in [3.63, 3.8) is 0 Å². The average molecular weight is 301 g/mol. The quantitative estimate of drug-likeness (QED) is 0.897. The van der Waals surface area contributed by atoms with Crippen molar-refractivity contribution < 1.29 is 9.18 Å². The maximum absolute atomic E-state index is 13.5. The molecule has 0 saturated carbocycles. The summed E-state index contributed by atoms with van der Waals surface area (Å²) in [5.41, 5.74) is 0.0891. The van der Waals surface area contributed by atoms with Crippen molar-refractivity contribution in [1.29, 1.82) is 0 Å². The van der Waals surface area contributed by atoms with Crippen LogP contribution in [0.2, 0.25) is 0 Å². The number of carbonyl (C=O) groups excluding carboxylic acids is 1. The summed E-state index contributed by atoms with van der Waals surface area (Å²) in [4.78, 5) is 11.7. The van der Waals surface area contributed by atoms with Gasteiger partial charge in [0.2, 0.25) is 0 Å². The second kappa shape index (κ2) is 5.60. The molecule has 1 aliphatic rings. The van der Waals surface area contributed by atoms with Gasteiger partial charge in [-0.2, -0.15) is 0 Å². The molecule has 1 saturated heterocycles. The van der Waals surface area contributed by atoms with Crippen LogP contribution in [-0.2, 0) is 0 Å². The largest absolute Gasteiger partial charge is 0.350 e. The molecular weight excluding hydrogens is 287 g/mol. The van der Waals surface area contributed by atoms with Gasteiger partial charge >= 0.3 is 0 Å². The van der Waals surface area contributed by atoms with E-state index in [4.69, 9.17) is 0 Å². The Balaban J connectivity index is 1.94. The van der Waals surface area contributed by atoms with Crippen molar-refractivity contribution in [3.05, 3.63) is 34.1 Å². The van der Waals surface area contributed by atoms with Gasteiger partial charge in [0.05, 0.1) is 5.56 Å². The molecule has 17 heavy (non-hydrogen) atoms. The zero-order valence-electron chi connectivity index (χ0n) is 9.30. The van der Waals surface area contributed by atoms with Crippen molar-refractivity contribution in [2.75, 3.05) is 13.1 Å². The second-order valence-electron chi connectivity index (χ2n) is 4.13. The molecule has 5 heteroatoms. The number of hydrogen-bond donors (Lipinski definition) is 2. The molecule has 1 aliphatic heterocycles. The normalized spacial score (nSPS) is 19.3. The Morgan fingerprint density at radius 1 is 1.59 bits per heavy atom. The average Bonchev–Trinajstić information content (AvgIpc) is 2.78. The topological polar surface area (TPSA) is 41.1 Å². The first-order valence-electron chi connectivity index (χ1n) is 5.63. The highest BCUT2D eigenvalue weighted by Gasteiger charge is 2.16. The van der Waals surface area contributed by atoms with Crippen LogP contribution in [0.25, 0.3) is 0 Å². The summed E-state index contributed by atoms with van der Waals surface area (Å²) in [5, 5.41) is 6.02. The van der Waals surface area contributed by atoms with Gasteiger partial charge in [-0.1, -0.05) is 15.9 Å². The number of hydrogen-bond acceptors (Lipinski definition) is 2. The zero-order valence-corrected chi connectivity index (χ0v) is 10.9. The van der Waals surface area contributed by atoms with Crippen LogP contribution in [0.5, 0.6) is 0 Å². The van der Waals surface area contributed by atoms with E-state index in [9.17, 15) is 9.18 Å². The third-order valence-electron chi connectivity index (χ3n) is 2.85. The fraction of sp³-hybridized carbons (Fsp3) is 0.417. The van der Waals surface area contributed by atoms with E-state index in [0.717, 1.165) is 19.4 Å². The van der Waals surface area contributed by atoms with Crippen LogP contribution in [0.15, 0.2) is 22.7 Å². The first kappa shape index (κ1) is 12.5. The van der Waals surface area contributed by atoms with Crippen LogP contribution in [0.1, 0.15) is 23.2 Å². The molecule has 0 aromatic heterocycles. The lowest BCUT2D eigenvalue weighted by Crippen LogP contribution is -2.37. The Morgan fingerprint density at radius 3 is 3.06 bits per heavy atom. The van der Waals surface area contributed by atoms with Gasteiger partial charge in [-0.15, -0.1) is 0 Å². The minimum Gasteiger partial charge on any atom is -0.350 e. The number of amides is 1. The molecule has 1 aromatic carbocycles. The lowest BCUT2D eigenvalue weighted by atomic mass is 10.2. The van der Waals surface area contributed by atoms with Crippen LogP contribution < -0.4 is 10.6 Å². The summed E-state index contributed by atoms with van der Waals surface area (Å²) in [5.74, 6) is -0.861. The summed E-state index contributed by atoms with van der Waals surface area (Å²) in [7, 11) is 0. The summed E-state index contributed by atoms with van der Waals surface area (Å²) < 4.78 is 14.1. The Bertz CT molecular complexity index is 419. The van der Waals surface area contributed by atoms with Crippen LogP contribution >= 0.6 is 15.9 Å². The van der Waals surface area contributed by atoms with Gasteiger partial charge in [0, 0.05) is 17.1 Å². The molecule has 1 unspecified atom stereocenters. The number of rotatable bonds is 3. The zero-order chi connectivity index (χ0) is 12.3. The molecule has 2 rings (SSSR count). The van der Waals surface area contributed by atoms with E-state index in [-0.39, 0.29) is 11.5 Å². The monoisotopic (exact) mass is 300 g/mol. The molecule has 1 aromatic rings. The van der Waals surface area contributed by atoms with Crippen molar-refractivity contribution in [2.45, 2.75) is 18.9 Å². The van der Waals surface area contributed by atoms with Gasteiger partial charge < -0.3 is 10.6 Å². The van der Waals surface area contributed by atoms with E-state index < -0.39 is 5.82 Å². The van der Waals surface area contributed by atoms with E-state index >= 15 is 0 Å². The van der Waals surface area contributed by atoms with E-state index in [2.05, 4.69) is 26.6 Å². The summed E-state index contributed by atoms with van der Waals surface area (Å²) in [6, 6.07) is 4.75. The molecule has 1 heterocycles. The maximum atomic E-state index is 13.5. The van der Waals surface area contributed by atoms with E-state index in [1.54, 1.807) is 6.07 Å². The fourth-order valence-corrected chi connectivity index (χ4v) is 2.25.